The number of anilines is 1. The first kappa shape index (κ1) is 14.7. The SMILES string of the molecule is CCOC(=O)c1nnn(-c2nonc2N)c1-c1ccc(Br)s1. The number of thiophene rings is 1. The van der Waals surface area contributed by atoms with E-state index in [1.165, 1.54) is 16.0 Å². The van der Waals surface area contributed by atoms with Crippen molar-refractivity contribution in [3.63, 3.8) is 0 Å². The summed E-state index contributed by atoms with van der Waals surface area (Å²) in [5, 5.41) is 15.0. The smallest absolute Gasteiger partial charge is 0.361 e. The van der Waals surface area contributed by atoms with Crippen LogP contribution in [0.15, 0.2) is 20.5 Å². The van der Waals surface area contributed by atoms with Crippen LogP contribution in [0, 0.1) is 0 Å². The molecule has 3 aromatic heterocycles. The summed E-state index contributed by atoms with van der Waals surface area (Å²) >= 11 is 4.78. The first-order chi connectivity index (χ1) is 10.6. The third-order valence-corrected chi connectivity index (χ3v) is 4.27. The largest absolute Gasteiger partial charge is 0.461 e. The maximum atomic E-state index is 12.1. The van der Waals surface area contributed by atoms with Gasteiger partial charge in [0, 0.05) is 0 Å². The Bertz CT molecular complexity index is 826. The van der Waals surface area contributed by atoms with E-state index in [9.17, 15) is 4.79 Å². The summed E-state index contributed by atoms with van der Waals surface area (Å²) in [6.45, 7) is 1.94. The van der Waals surface area contributed by atoms with Gasteiger partial charge >= 0.3 is 5.97 Å². The molecule has 0 saturated heterocycles. The summed E-state index contributed by atoms with van der Waals surface area (Å²) in [6.07, 6.45) is 0. The van der Waals surface area contributed by atoms with Crippen molar-refractivity contribution in [1.82, 2.24) is 25.3 Å². The quantitative estimate of drug-likeness (QED) is 0.676. The second-order valence-corrected chi connectivity index (χ2v) is 6.46. The number of carbonyl (C=O) groups is 1. The minimum absolute atomic E-state index is 0.0391. The number of nitrogens with two attached hydrogens (primary N) is 1. The van der Waals surface area contributed by atoms with Crippen LogP contribution in [0.25, 0.3) is 16.4 Å². The Hall–Kier alpha value is -2.27. The molecule has 0 atom stereocenters. The first-order valence-corrected chi connectivity index (χ1v) is 7.69. The Labute approximate surface area is 136 Å². The van der Waals surface area contributed by atoms with Gasteiger partial charge in [0.05, 0.1) is 15.3 Å². The van der Waals surface area contributed by atoms with Crippen molar-refractivity contribution < 1.29 is 14.2 Å². The van der Waals surface area contributed by atoms with Gasteiger partial charge in [-0.05, 0) is 45.3 Å². The van der Waals surface area contributed by atoms with Crippen LogP contribution < -0.4 is 5.73 Å². The summed E-state index contributed by atoms with van der Waals surface area (Å²) in [4.78, 5) is 12.8. The zero-order chi connectivity index (χ0) is 15.7. The van der Waals surface area contributed by atoms with Gasteiger partial charge < -0.3 is 10.5 Å². The summed E-state index contributed by atoms with van der Waals surface area (Å²) in [5.41, 5.74) is 6.17. The molecule has 0 aliphatic rings. The van der Waals surface area contributed by atoms with Gasteiger partial charge in [0.25, 0.3) is 0 Å². The number of hydrogen-bond acceptors (Lipinski definition) is 9. The minimum atomic E-state index is -0.580. The highest BCUT2D eigenvalue weighted by atomic mass is 79.9. The summed E-state index contributed by atoms with van der Waals surface area (Å²) in [5.74, 6) is -0.386. The van der Waals surface area contributed by atoms with E-state index in [2.05, 4.69) is 41.2 Å². The van der Waals surface area contributed by atoms with E-state index in [1.807, 2.05) is 12.1 Å². The average Bonchev–Trinajstić information content (AvgIpc) is 3.17. The van der Waals surface area contributed by atoms with Crippen molar-refractivity contribution in [2.75, 3.05) is 12.3 Å². The van der Waals surface area contributed by atoms with E-state index in [-0.39, 0.29) is 23.9 Å². The first-order valence-electron chi connectivity index (χ1n) is 6.08. The molecule has 0 spiro atoms. The van der Waals surface area contributed by atoms with Crippen LogP contribution in [0.5, 0.6) is 0 Å². The van der Waals surface area contributed by atoms with Gasteiger partial charge in [-0.2, -0.15) is 4.68 Å². The zero-order valence-corrected chi connectivity index (χ0v) is 13.6. The summed E-state index contributed by atoms with van der Waals surface area (Å²) in [6, 6.07) is 3.66. The van der Waals surface area contributed by atoms with Crippen molar-refractivity contribution in [1.29, 1.82) is 0 Å². The molecule has 0 bridgehead atoms. The van der Waals surface area contributed by atoms with Crippen LogP contribution in [-0.4, -0.2) is 37.9 Å². The molecule has 3 rings (SSSR count). The van der Waals surface area contributed by atoms with E-state index < -0.39 is 5.97 Å². The number of hydrogen-bond donors (Lipinski definition) is 1. The number of aromatic nitrogens is 5. The highest BCUT2D eigenvalue weighted by Crippen LogP contribution is 2.34. The topological polar surface area (TPSA) is 122 Å². The molecular formula is C11H9BrN6O3S. The van der Waals surface area contributed by atoms with E-state index in [4.69, 9.17) is 10.5 Å². The maximum absolute atomic E-state index is 12.1. The van der Waals surface area contributed by atoms with Gasteiger partial charge in [0.1, 0.15) is 5.69 Å². The number of nitrogen functional groups attached to an aromatic ring is 1. The van der Waals surface area contributed by atoms with Gasteiger partial charge in [-0.15, -0.1) is 16.4 Å². The third-order valence-electron chi connectivity index (χ3n) is 2.64. The molecule has 0 fully saturated rings. The molecule has 22 heavy (non-hydrogen) atoms. The number of nitrogens with zero attached hydrogens (tertiary/aromatic N) is 5. The number of halogens is 1. The fourth-order valence-corrected chi connectivity index (χ4v) is 3.18. The molecule has 0 amide bonds. The number of carbonyl (C=O) groups excluding carboxylic acids is 1. The van der Waals surface area contributed by atoms with Crippen molar-refractivity contribution in [2.45, 2.75) is 6.92 Å². The molecule has 0 radical (unpaired) electrons. The molecule has 114 valence electrons. The molecule has 11 heteroatoms. The molecule has 0 aliphatic carbocycles. The molecule has 0 aromatic carbocycles. The minimum Gasteiger partial charge on any atom is -0.461 e. The fraction of sp³-hybridized carbons (Fsp3) is 0.182. The molecule has 3 heterocycles. The van der Waals surface area contributed by atoms with Gasteiger partial charge in [0.15, 0.2) is 5.69 Å². The van der Waals surface area contributed by atoms with E-state index in [0.717, 1.165) is 8.66 Å². The highest BCUT2D eigenvalue weighted by molar-refractivity contribution is 9.11. The van der Waals surface area contributed by atoms with E-state index >= 15 is 0 Å². The maximum Gasteiger partial charge on any atom is 0.361 e. The Kier molecular flexibility index (Phi) is 3.90. The second kappa shape index (κ2) is 5.85. The van der Waals surface area contributed by atoms with Crippen LogP contribution in [0.1, 0.15) is 17.4 Å². The summed E-state index contributed by atoms with van der Waals surface area (Å²) in [7, 11) is 0. The Morgan fingerprint density at radius 1 is 1.50 bits per heavy atom. The van der Waals surface area contributed by atoms with Crippen LogP contribution >= 0.6 is 27.3 Å². The van der Waals surface area contributed by atoms with Gasteiger partial charge in [-0.3, -0.25) is 0 Å². The van der Waals surface area contributed by atoms with Crippen LogP contribution in [0.4, 0.5) is 5.82 Å². The third kappa shape index (κ3) is 2.48. The Morgan fingerprint density at radius 2 is 2.32 bits per heavy atom. The van der Waals surface area contributed by atoms with E-state index in [0.29, 0.717) is 5.69 Å². The van der Waals surface area contributed by atoms with Gasteiger partial charge in [-0.25, -0.2) is 9.42 Å². The fourth-order valence-electron chi connectivity index (χ4n) is 1.77. The van der Waals surface area contributed by atoms with Crippen molar-refractivity contribution in [3.8, 4) is 16.4 Å². The highest BCUT2D eigenvalue weighted by Gasteiger charge is 2.26. The predicted molar refractivity (Wildman–Crippen MR) is 80.6 cm³/mol. The van der Waals surface area contributed by atoms with Crippen LogP contribution in [-0.2, 0) is 4.74 Å². The number of ether oxygens (including phenoxy) is 1. The molecule has 3 aromatic rings. The average molecular weight is 385 g/mol. The number of esters is 1. The van der Waals surface area contributed by atoms with Gasteiger partial charge in [-0.1, -0.05) is 5.21 Å². The lowest BCUT2D eigenvalue weighted by atomic mass is 10.2. The lowest BCUT2D eigenvalue weighted by Crippen LogP contribution is -2.08. The summed E-state index contributed by atoms with van der Waals surface area (Å²) < 4.78 is 11.8. The molecule has 2 N–H and O–H groups in total. The Morgan fingerprint density at radius 3 is 2.91 bits per heavy atom. The molecule has 0 aliphatic heterocycles. The normalized spacial score (nSPS) is 10.8. The molecule has 9 nitrogen and oxygen atoms in total. The van der Waals surface area contributed by atoms with Crippen molar-refractivity contribution in [3.05, 3.63) is 21.6 Å². The monoisotopic (exact) mass is 384 g/mol. The van der Waals surface area contributed by atoms with Crippen LogP contribution in [0.3, 0.4) is 0 Å². The van der Waals surface area contributed by atoms with E-state index in [1.54, 1.807) is 6.92 Å². The molecule has 0 unspecified atom stereocenters. The standard InChI is InChI=1S/C11H9BrN6O3S/c1-2-20-11(19)7-8(5-3-4-6(12)22-5)18(17-14-7)10-9(13)15-21-16-10/h3-4H,2H2,1H3,(H2,13,15). The zero-order valence-electron chi connectivity index (χ0n) is 11.2. The lowest BCUT2D eigenvalue weighted by Gasteiger charge is -2.03. The predicted octanol–water partition coefficient (Wildman–Crippen LogP) is 1.90. The van der Waals surface area contributed by atoms with Crippen molar-refractivity contribution in [2.24, 2.45) is 0 Å². The number of rotatable bonds is 4. The lowest BCUT2D eigenvalue weighted by molar-refractivity contribution is 0.0520. The van der Waals surface area contributed by atoms with Gasteiger partial charge in [0.2, 0.25) is 11.6 Å². The second-order valence-electron chi connectivity index (χ2n) is 4.00. The molecule has 0 saturated carbocycles. The Balaban J connectivity index is 2.19. The van der Waals surface area contributed by atoms with Crippen molar-refractivity contribution >= 4 is 39.1 Å². The molecular weight excluding hydrogens is 376 g/mol. The van der Waals surface area contributed by atoms with Crippen LogP contribution in [0.2, 0.25) is 0 Å².